The summed E-state index contributed by atoms with van der Waals surface area (Å²) in [4.78, 5) is 48.2. The van der Waals surface area contributed by atoms with E-state index in [2.05, 4.69) is 20.1 Å². The SMILES string of the molecule is C=CCN(CCCC)C(=O)C1N(CCCCO)C(=O)[C@@H]2[C@@H](C(=O)N(CC=C)c3ccc(OCC)cc3)[C@H]3CCC12S3. The molecule has 0 aliphatic carbocycles. The Morgan fingerprint density at radius 1 is 1.12 bits per heavy atom. The van der Waals surface area contributed by atoms with Crippen molar-refractivity contribution in [3.05, 3.63) is 49.6 Å². The van der Waals surface area contributed by atoms with E-state index in [0.29, 0.717) is 45.6 Å². The van der Waals surface area contributed by atoms with Gasteiger partial charge < -0.3 is 24.5 Å². The van der Waals surface area contributed by atoms with E-state index < -0.39 is 22.6 Å². The second kappa shape index (κ2) is 13.9. The van der Waals surface area contributed by atoms with Gasteiger partial charge >= 0.3 is 0 Å². The Kier molecular flexibility index (Phi) is 10.6. The maximum atomic E-state index is 14.4. The van der Waals surface area contributed by atoms with Gasteiger partial charge in [-0.3, -0.25) is 14.4 Å². The van der Waals surface area contributed by atoms with Crippen molar-refractivity contribution in [1.82, 2.24) is 9.80 Å². The molecule has 9 heteroatoms. The standard InChI is InChI=1S/C32H45N3O5S/c1-5-9-20-33(18-6-2)31(39)28-32-17-16-25(41-32)26(27(32)30(38)35(28)21-10-11-22-36)29(37)34(19-7-3)23-12-14-24(15-13-23)40-8-4/h6-7,12-15,25-28,36H,2-3,5,8-11,16-22H2,1,4H3/t25-,26+,27+,28?,32?/m1/s1. The first-order chi connectivity index (χ1) is 19.9. The summed E-state index contributed by atoms with van der Waals surface area (Å²) >= 11 is 1.69. The highest BCUT2D eigenvalue weighted by atomic mass is 32.2. The summed E-state index contributed by atoms with van der Waals surface area (Å²) in [5.74, 6) is -0.593. The van der Waals surface area contributed by atoms with Gasteiger partial charge in [-0.05, 0) is 63.3 Å². The molecule has 3 aliphatic rings. The summed E-state index contributed by atoms with van der Waals surface area (Å²) in [6, 6.07) is 6.81. The number of aliphatic hydroxyl groups is 1. The quantitative estimate of drug-likeness (QED) is 0.231. The monoisotopic (exact) mass is 583 g/mol. The predicted octanol–water partition coefficient (Wildman–Crippen LogP) is 4.28. The molecule has 3 aliphatic heterocycles. The molecule has 1 N–H and O–H groups in total. The van der Waals surface area contributed by atoms with Gasteiger partial charge in [0.15, 0.2) is 0 Å². The number of benzene rings is 1. The van der Waals surface area contributed by atoms with Crippen LogP contribution in [0, 0.1) is 11.8 Å². The molecule has 0 radical (unpaired) electrons. The fraction of sp³-hybridized carbons (Fsp3) is 0.594. The number of nitrogens with zero attached hydrogens (tertiary/aromatic N) is 3. The van der Waals surface area contributed by atoms with Crippen molar-refractivity contribution in [2.24, 2.45) is 11.8 Å². The lowest BCUT2D eigenvalue weighted by molar-refractivity contribution is -0.142. The van der Waals surface area contributed by atoms with Crippen LogP contribution >= 0.6 is 11.8 Å². The van der Waals surface area contributed by atoms with E-state index in [4.69, 9.17) is 4.74 Å². The molecule has 1 aromatic carbocycles. The zero-order valence-corrected chi connectivity index (χ0v) is 25.3. The number of rotatable bonds is 16. The van der Waals surface area contributed by atoms with Gasteiger partial charge in [-0.15, -0.1) is 24.9 Å². The van der Waals surface area contributed by atoms with Crippen molar-refractivity contribution in [2.45, 2.75) is 68.4 Å². The molecule has 1 aromatic rings. The van der Waals surface area contributed by atoms with E-state index in [1.54, 1.807) is 33.7 Å². The Morgan fingerprint density at radius 2 is 1.85 bits per heavy atom. The second-order valence-corrected chi connectivity index (χ2v) is 12.7. The minimum absolute atomic E-state index is 0.0233. The van der Waals surface area contributed by atoms with Crippen LogP contribution in [0.2, 0.25) is 0 Å². The van der Waals surface area contributed by atoms with Gasteiger partial charge in [0.1, 0.15) is 11.8 Å². The third-order valence-electron chi connectivity index (χ3n) is 8.61. The van der Waals surface area contributed by atoms with E-state index >= 15 is 0 Å². The van der Waals surface area contributed by atoms with Gasteiger partial charge in [-0.25, -0.2) is 0 Å². The molecule has 0 saturated carbocycles. The number of unbranched alkanes of at least 4 members (excludes halogenated alkanes) is 2. The summed E-state index contributed by atoms with van der Waals surface area (Å²) in [5.41, 5.74) is 0.731. The first-order valence-corrected chi connectivity index (χ1v) is 15.9. The van der Waals surface area contributed by atoms with E-state index in [1.165, 1.54) is 0 Å². The third-order valence-corrected chi connectivity index (χ3v) is 10.6. The highest BCUT2D eigenvalue weighted by Gasteiger charge is 2.74. The molecule has 8 nitrogen and oxygen atoms in total. The Labute approximate surface area is 248 Å². The van der Waals surface area contributed by atoms with Crippen molar-refractivity contribution in [3.63, 3.8) is 0 Å². The number of hydrogen-bond acceptors (Lipinski definition) is 6. The zero-order chi connectivity index (χ0) is 29.6. The molecule has 5 atom stereocenters. The minimum Gasteiger partial charge on any atom is -0.494 e. The number of anilines is 1. The largest absolute Gasteiger partial charge is 0.494 e. The fourth-order valence-electron chi connectivity index (χ4n) is 6.84. The number of hydrogen-bond donors (Lipinski definition) is 1. The van der Waals surface area contributed by atoms with Gasteiger partial charge in [0.2, 0.25) is 17.7 Å². The number of thioether (sulfide) groups is 1. The van der Waals surface area contributed by atoms with Crippen LogP contribution in [0.1, 0.15) is 52.4 Å². The molecule has 224 valence electrons. The molecule has 4 rings (SSSR count). The predicted molar refractivity (Wildman–Crippen MR) is 164 cm³/mol. The molecular weight excluding hydrogens is 538 g/mol. The number of aliphatic hydroxyl groups excluding tert-OH is 1. The number of fused-ring (bicyclic) bond motifs is 1. The first-order valence-electron chi connectivity index (χ1n) is 15.0. The lowest BCUT2D eigenvalue weighted by Gasteiger charge is -2.37. The maximum absolute atomic E-state index is 14.4. The highest BCUT2D eigenvalue weighted by molar-refractivity contribution is 8.02. The van der Waals surface area contributed by atoms with Crippen LogP contribution < -0.4 is 9.64 Å². The number of amides is 3. The van der Waals surface area contributed by atoms with Crippen molar-refractivity contribution in [1.29, 1.82) is 0 Å². The maximum Gasteiger partial charge on any atom is 0.247 e. The van der Waals surface area contributed by atoms with Gasteiger partial charge in [0, 0.05) is 43.7 Å². The molecule has 1 spiro atoms. The molecule has 2 unspecified atom stereocenters. The molecule has 3 saturated heterocycles. The van der Waals surface area contributed by atoms with Crippen LogP contribution in [0.25, 0.3) is 0 Å². The fourth-order valence-corrected chi connectivity index (χ4v) is 9.04. The molecule has 0 aromatic heterocycles. The van der Waals surface area contributed by atoms with E-state index in [0.717, 1.165) is 37.1 Å². The van der Waals surface area contributed by atoms with Crippen LogP contribution in [-0.2, 0) is 14.4 Å². The molecule has 2 bridgehead atoms. The normalized spacial score (nSPS) is 26.1. The summed E-state index contributed by atoms with van der Waals surface area (Å²) < 4.78 is 4.95. The average molecular weight is 584 g/mol. The van der Waals surface area contributed by atoms with Gasteiger partial charge in [0.05, 0.1) is 23.2 Å². The van der Waals surface area contributed by atoms with Crippen molar-refractivity contribution in [2.75, 3.05) is 44.3 Å². The summed E-state index contributed by atoms with van der Waals surface area (Å²) in [7, 11) is 0. The number of ether oxygens (including phenoxy) is 1. The summed E-state index contributed by atoms with van der Waals surface area (Å²) in [6.45, 7) is 14.1. The zero-order valence-electron chi connectivity index (χ0n) is 24.5. The molecule has 3 amide bonds. The average Bonchev–Trinajstić information content (AvgIpc) is 3.61. The van der Waals surface area contributed by atoms with Crippen LogP contribution in [0.5, 0.6) is 5.75 Å². The second-order valence-electron chi connectivity index (χ2n) is 11.1. The Morgan fingerprint density at radius 3 is 2.49 bits per heavy atom. The lowest BCUT2D eigenvalue weighted by Crippen LogP contribution is -2.55. The van der Waals surface area contributed by atoms with Crippen LogP contribution in [0.3, 0.4) is 0 Å². The van der Waals surface area contributed by atoms with Crippen LogP contribution in [-0.4, -0.2) is 88.1 Å². The molecule has 3 fully saturated rings. The number of carbonyl (C=O) groups excluding carboxylic acids is 3. The Balaban J connectivity index is 1.69. The van der Waals surface area contributed by atoms with Crippen LogP contribution in [0.4, 0.5) is 5.69 Å². The van der Waals surface area contributed by atoms with Gasteiger partial charge in [0.25, 0.3) is 0 Å². The topological polar surface area (TPSA) is 90.4 Å². The van der Waals surface area contributed by atoms with Crippen LogP contribution in [0.15, 0.2) is 49.6 Å². The summed E-state index contributed by atoms with van der Waals surface area (Å²) in [6.07, 6.45) is 7.95. The summed E-state index contributed by atoms with van der Waals surface area (Å²) in [5, 5.41) is 9.40. The van der Waals surface area contributed by atoms with Crippen molar-refractivity contribution < 1.29 is 24.2 Å². The van der Waals surface area contributed by atoms with Crippen molar-refractivity contribution in [3.8, 4) is 5.75 Å². The smallest absolute Gasteiger partial charge is 0.247 e. The molecular formula is C32H45N3O5S. The Hall–Kier alpha value is -2.78. The van der Waals surface area contributed by atoms with E-state index in [1.807, 2.05) is 36.1 Å². The Bertz CT molecular complexity index is 1110. The number of likely N-dealkylation sites (tertiary alicyclic amines) is 1. The highest BCUT2D eigenvalue weighted by Crippen LogP contribution is 2.66. The van der Waals surface area contributed by atoms with Crippen molar-refractivity contribution >= 4 is 35.2 Å². The van der Waals surface area contributed by atoms with Gasteiger partial charge in [-0.2, -0.15) is 0 Å². The molecule has 41 heavy (non-hydrogen) atoms. The van der Waals surface area contributed by atoms with E-state index in [9.17, 15) is 19.5 Å². The third kappa shape index (κ3) is 5.93. The number of carbonyl (C=O) groups is 3. The lowest BCUT2D eigenvalue weighted by atomic mass is 9.70. The first kappa shape index (κ1) is 31.2. The minimum atomic E-state index is -0.636. The van der Waals surface area contributed by atoms with E-state index in [-0.39, 0.29) is 29.6 Å². The molecule has 3 heterocycles. The van der Waals surface area contributed by atoms with Gasteiger partial charge in [-0.1, -0.05) is 25.5 Å².